The number of nitro benzene ring substituents is 1. The number of hydrogen-bond acceptors (Lipinski definition) is 7. The second-order valence-corrected chi connectivity index (χ2v) is 7.73. The van der Waals surface area contributed by atoms with Gasteiger partial charge in [0, 0.05) is 37.1 Å². The lowest BCUT2D eigenvalue weighted by atomic mass is 10.2. The summed E-state index contributed by atoms with van der Waals surface area (Å²) < 4.78 is 17.1. The Bertz CT molecular complexity index is 1140. The molecule has 0 spiro atoms. The molecule has 3 aromatic rings. The molecule has 8 heteroatoms. The second-order valence-electron chi connectivity index (χ2n) is 7.73. The van der Waals surface area contributed by atoms with Gasteiger partial charge in [0.05, 0.1) is 30.4 Å². The van der Waals surface area contributed by atoms with E-state index in [1.165, 1.54) is 17.8 Å². The quantitative estimate of drug-likeness (QED) is 0.249. The van der Waals surface area contributed by atoms with E-state index >= 15 is 0 Å². The van der Waals surface area contributed by atoms with Crippen molar-refractivity contribution in [1.29, 1.82) is 0 Å². The van der Waals surface area contributed by atoms with Crippen LogP contribution in [0.3, 0.4) is 0 Å². The van der Waals surface area contributed by atoms with Crippen LogP contribution in [-0.2, 0) is 11.3 Å². The van der Waals surface area contributed by atoms with Crippen LogP contribution in [0.1, 0.15) is 18.1 Å². The highest BCUT2D eigenvalue weighted by molar-refractivity contribution is 5.83. The molecule has 0 saturated carbocycles. The van der Waals surface area contributed by atoms with Crippen molar-refractivity contribution in [2.45, 2.75) is 13.5 Å². The van der Waals surface area contributed by atoms with Gasteiger partial charge < -0.3 is 19.1 Å². The van der Waals surface area contributed by atoms with Gasteiger partial charge in [-0.05, 0) is 60.5 Å². The molecule has 4 rings (SSSR count). The van der Waals surface area contributed by atoms with E-state index < -0.39 is 4.92 Å². The average molecular weight is 462 g/mol. The molecule has 0 bridgehead atoms. The van der Waals surface area contributed by atoms with E-state index in [1.807, 2.05) is 37.3 Å². The van der Waals surface area contributed by atoms with E-state index in [4.69, 9.17) is 14.2 Å². The molecule has 1 heterocycles. The Balaban J connectivity index is 1.42. The molecule has 0 amide bonds. The number of aliphatic imine (C=N–C) groups is 1. The number of ether oxygens (including phenoxy) is 3. The van der Waals surface area contributed by atoms with Crippen molar-refractivity contribution < 1.29 is 19.1 Å². The van der Waals surface area contributed by atoms with Gasteiger partial charge in [-0.3, -0.25) is 15.1 Å². The van der Waals surface area contributed by atoms with Crippen LogP contribution in [0.25, 0.3) is 0 Å². The van der Waals surface area contributed by atoms with Gasteiger partial charge in [0.15, 0.2) is 11.5 Å². The minimum absolute atomic E-state index is 0.0377. The van der Waals surface area contributed by atoms with Crippen LogP contribution in [0, 0.1) is 10.1 Å². The summed E-state index contributed by atoms with van der Waals surface area (Å²) in [5.74, 6) is 1.17. The van der Waals surface area contributed by atoms with E-state index in [9.17, 15) is 10.1 Å². The fourth-order valence-corrected chi connectivity index (χ4v) is 3.63. The predicted molar refractivity (Wildman–Crippen MR) is 132 cm³/mol. The van der Waals surface area contributed by atoms with E-state index in [1.54, 1.807) is 18.3 Å². The van der Waals surface area contributed by atoms with Crippen molar-refractivity contribution >= 4 is 23.3 Å². The minimum atomic E-state index is -0.417. The molecule has 0 unspecified atom stereocenters. The molecule has 0 atom stereocenters. The second kappa shape index (κ2) is 11.3. The van der Waals surface area contributed by atoms with Crippen LogP contribution in [-0.4, -0.2) is 44.0 Å². The van der Waals surface area contributed by atoms with E-state index in [0.29, 0.717) is 23.7 Å². The van der Waals surface area contributed by atoms with Crippen LogP contribution >= 0.6 is 0 Å². The molecular weight excluding hydrogens is 434 g/mol. The molecule has 1 fully saturated rings. The molecule has 0 aromatic heterocycles. The third-order valence-corrected chi connectivity index (χ3v) is 5.37. The topological polar surface area (TPSA) is 86.4 Å². The molecule has 8 nitrogen and oxygen atoms in total. The summed E-state index contributed by atoms with van der Waals surface area (Å²) in [4.78, 5) is 17.5. The number of morpholine rings is 1. The minimum Gasteiger partial charge on any atom is -0.490 e. The van der Waals surface area contributed by atoms with Crippen LogP contribution < -0.4 is 14.4 Å². The molecule has 34 heavy (non-hydrogen) atoms. The summed E-state index contributed by atoms with van der Waals surface area (Å²) in [7, 11) is 0. The predicted octanol–water partition coefficient (Wildman–Crippen LogP) is 5.16. The number of anilines is 1. The average Bonchev–Trinajstić information content (AvgIpc) is 2.88. The summed E-state index contributed by atoms with van der Waals surface area (Å²) in [5.41, 5.74) is 3.66. The SMILES string of the molecule is CCOc1cc(C=Nc2ccc(N3CCOCC3)cc2)ccc1OCc1cccc([N+](=O)[O-])c1. The Morgan fingerprint density at radius 2 is 1.82 bits per heavy atom. The molecular formula is C26H27N3O5. The van der Waals surface area contributed by atoms with Gasteiger partial charge in [0.1, 0.15) is 6.61 Å². The number of benzene rings is 3. The zero-order valence-corrected chi connectivity index (χ0v) is 19.1. The maximum atomic E-state index is 11.0. The standard InChI is InChI=1S/C26H27N3O5/c1-2-33-26-17-20(6-11-25(26)34-19-21-4-3-5-24(16-21)29(30)31)18-27-22-7-9-23(10-8-22)28-12-14-32-15-13-28/h3-11,16-18H,2,12-15,19H2,1H3. The van der Waals surface area contributed by atoms with Gasteiger partial charge in [0.25, 0.3) is 5.69 Å². The van der Waals surface area contributed by atoms with Gasteiger partial charge in [-0.15, -0.1) is 0 Å². The van der Waals surface area contributed by atoms with Crippen molar-refractivity contribution in [3.05, 3.63) is 88.0 Å². The fraction of sp³-hybridized carbons (Fsp3) is 0.269. The molecule has 1 aliphatic heterocycles. The fourth-order valence-electron chi connectivity index (χ4n) is 3.63. The third-order valence-electron chi connectivity index (χ3n) is 5.37. The van der Waals surface area contributed by atoms with Gasteiger partial charge in [-0.25, -0.2) is 0 Å². The van der Waals surface area contributed by atoms with Crippen molar-refractivity contribution in [2.75, 3.05) is 37.8 Å². The lowest BCUT2D eigenvalue weighted by Crippen LogP contribution is -2.36. The molecule has 1 saturated heterocycles. The number of non-ortho nitro benzene ring substituents is 1. The number of nitro groups is 1. The molecule has 3 aromatic carbocycles. The molecule has 1 aliphatic rings. The Hall–Kier alpha value is -3.91. The molecule has 0 radical (unpaired) electrons. The molecule has 0 N–H and O–H groups in total. The van der Waals surface area contributed by atoms with Crippen LogP contribution in [0.15, 0.2) is 71.7 Å². The zero-order chi connectivity index (χ0) is 23.8. The van der Waals surface area contributed by atoms with Crippen molar-refractivity contribution in [3.63, 3.8) is 0 Å². The first-order chi connectivity index (χ1) is 16.6. The Morgan fingerprint density at radius 3 is 2.56 bits per heavy atom. The lowest BCUT2D eigenvalue weighted by Gasteiger charge is -2.28. The van der Waals surface area contributed by atoms with Crippen molar-refractivity contribution in [1.82, 2.24) is 0 Å². The summed E-state index contributed by atoms with van der Waals surface area (Å²) in [6.07, 6.45) is 1.79. The maximum absolute atomic E-state index is 11.0. The number of nitrogens with zero attached hydrogens (tertiary/aromatic N) is 3. The highest BCUT2D eigenvalue weighted by Gasteiger charge is 2.11. The highest BCUT2D eigenvalue weighted by atomic mass is 16.6. The smallest absolute Gasteiger partial charge is 0.269 e. The molecule has 0 aliphatic carbocycles. The van der Waals surface area contributed by atoms with Crippen LogP contribution in [0.4, 0.5) is 17.1 Å². The summed E-state index contributed by atoms with van der Waals surface area (Å²) >= 11 is 0. The monoisotopic (exact) mass is 461 g/mol. The van der Waals surface area contributed by atoms with Gasteiger partial charge in [-0.2, -0.15) is 0 Å². The summed E-state index contributed by atoms with van der Waals surface area (Å²) in [5, 5.41) is 11.0. The Kier molecular flexibility index (Phi) is 7.72. The maximum Gasteiger partial charge on any atom is 0.269 e. The van der Waals surface area contributed by atoms with E-state index in [0.717, 1.165) is 37.6 Å². The number of rotatable bonds is 9. The van der Waals surface area contributed by atoms with Crippen LogP contribution in [0.5, 0.6) is 11.5 Å². The first kappa shape index (κ1) is 23.3. The van der Waals surface area contributed by atoms with E-state index in [2.05, 4.69) is 22.0 Å². The Labute approximate surface area is 198 Å². The summed E-state index contributed by atoms with van der Waals surface area (Å²) in [6.45, 7) is 5.90. The molecule has 176 valence electrons. The highest BCUT2D eigenvalue weighted by Crippen LogP contribution is 2.29. The first-order valence-corrected chi connectivity index (χ1v) is 11.2. The third kappa shape index (κ3) is 6.11. The number of hydrogen-bond donors (Lipinski definition) is 0. The van der Waals surface area contributed by atoms with Crippen molar-refractivity contribution in [2.24, 2.45) is 4.99 Å². The normalized spacial score (nSPS) is 13.7. The van der Waals surface area contributed by atoms with Crippen LogP contribution in [0.2, 0.25) is 0 Å². The van der Waals surface area contributed by atoms with Gasteiger partial charge in [-0.1, -0.05) is 12.1 Å². The Morgan fingerprint density at radius 1 is 1.03 bits per heavy atom. The first-order valence-electron chi connectivity index (χ1n) is 11.2. The van der Waals surface area contributed by atoms with E-state index in [-0.39, 0.29) is 12.3 Å². The lowest BCUT2D eigenvalue weighted by molar-refractivity contribution is -0.384. The summed E-state index contributed by atoms with van der Waals surface area (Å²) in [6, 6.07) is 20.2. The van der Waals surface area contributed by atoms with Gasteiger partial charge >= 0.3 is 0 Å². The van der Waals surface area contributed by atoms with Crippen molar-refractivity contribution in [3.8, 4) is 11.5 Å². The largest absolute Gasteiger partial charge is 0.490 e. The van der Waals surface area contributed by atoms with Gasteiger partial charge in [0.2, 0.25) is 0 Å². The zero-order valence-electron chi connectivity index (χ0n) is 19.1.